The summed E-state index contributed by atoms with van der Waals surface area (Å²) in [6.45, 7) is 2.28. The largest absolute Gasteiger partial charge is 0.389 e. The summed E-state index contributed by atoms with van der Waals surface area (Å²) in [4.78, 5) is 0. The van der Waals surface area contributed by atoms with Crippen LogP contribution >= 0.6 is 0 Å². The highest BCUT2D eigenvalue weighted by molar-refractivity contribution is 4.79. The highest BCUT2D eigenvalue weighted by atomic mass is 19.4. The molecule has 0 aromatic heterocycles. The Bertz CT molecular complexity index is 205. The van der Waals surface area contributed by atoms with Gasteiger partial charge in [0, 0.05) is 19.4 Å². The van der Waals surface area contributed by atoms with Gasteiger partial charge in [0.25, 0.3) is 0 Å². The van der Waals surface area contributed by atoms with Crippen molar-refractivity contribution in [1.29, 1.82) is 0 Å². The second-order valence-electron chi connectivity index (χ2n) is 4.06. The molecule has 0 spiro atoms. The molecule has 1 rings (SSSR count). The van der Waals surface area contributed by atoms with E-state index in [4.69, 9.17) is 9.47 Å². The van der Waals surface area contributed by atoms with Crippen molar-refractivity contribution in [1.82, 2.24) is 0 Å². The quantitative estimate of drug-likeness (QED) is 0.736. The maximum absolute atomic E-state index is 12.1. The molecule has 0 aliphatic carbocycles. The SMILES string of the molecule is COC1(C)OCCCC1CCC(F)(F)F. The minimum Gasteiger partial charge on any atom is -0.353 e. The average Bonchev–Trinajstić information content (AvgIpc) is 2.15. The van der Waals surface area contributed by atoms with Gasteiger partial charge in [-0.15, -0.1) is 0 Å². The monoisotopic (exact) mass is 226 g/mol. The summed E-state index contributed by atoms with van der Waals surface area (Å²) in [5, 5.41) is 0. The molecule has 1 aliphatic rings. The van der Waals surface area contributed by atoms with Crippen LogP contribution in [0.3, 0.4) is 0 Å². The van der Waals surface area contributed by atoms with Gasteiger partial charge in [-0.25, -0.2) is 0 Å². The second-order valence-corrected chi connectivity index (χ2v) is 4.06. The van der Waals surface area contributed by atoms with Gasteiger partial charge in [-0.05, 0) is 26.2 Å². The Morgan fingerprint density at radius 3 is 2.67 bits per heavy atom. The van der Waals surface area contributed by atoms with Crippen LogP contribution in [-0.2, 0) is 9.47 Å². The molecule has 0 aromatic rings. The van der Waals surface area contributed by atoms with Gasteiger partial charge < -0.3 is 9.47 Å². The van der Waals surface area contributed by atoms with Gasteiger partial charge in [0.05, 0.1) is 6.61 Å². The zero-order chi connectivity index (χ0) is 11.5. The molecule has 15 heavy (non-hydrogen) atoms. The third-order valence-corrected chi connectivity index (χ3v) is 3.01. The van der Waals surface area contributed by atoms with E-state index in [1.165, 1.54) is 7.11 Å². The van der Waals surface area contributed by atoms with Gasteiger partial charge in [-0.2, -0.15) is 13.2 Å². The van der Waals surface area contributed by atoms with Gasteiger partial charge in [-0.3, -0.25) is 0 Å². The van der Waals surface area contributed by atoms with Crippen LogP contribution in [0.2, 0.25) is 0 Å². The lowest BCUT2D eigenvalue weighted by molar-refractivity contribution is -0.265. The van der Waals surface area contributed by atoms with E-state index < -0.39 is 18.4 Å². The number of hydrogen-bond acceptors (Lipinski definition) is 2. The summed E-state index contributed by atoms with van der Waals surface area (Å²) in [7, 11) is 1.48. The third-order valence-electron chi connectivity index (χ3n) is 3.01. The van der Waals surface area contributed by atoms with Gasteiger partial charge in [0.2, 0.25) is 0 Å². The number of halogens is 3. The van der Waals surface area contributed by atoms with Crippen LogP contribution in [0.15, 0.2) is 0 Å². The van der Waals surface area contributed by atoms with Crippen LogP contribution in [-0.4, -0.2) is 25.7 Å². The molecule has 90 valence electrons. The fraction of sp³-hybridized carbons (Fsp3) is 1.00. The normalized spacial score (nSPS) is 33.0. The van der Waals surface area contributed by atoms with Crippen molar-refractivity contribution in [3.05, 3.63) is 0 Å². The third kappa shape index (κ3) is 3.65. The number of rotatable bonds is 3. The van der Waals surface area contributed by atoms with E-state index in [0.29, 0.717) is 6.61 Å². The lowest BCUT2D eigenvalue weighted by Gasteiger charge is -2.40. The molecule has 0 radical (unpaired) electrons. The molecule has 2 atom stereocenters. The Balaban J connectivity index is 2.50. The van der Waals surface area contributed by atoms with E-state index in [-0.39, 0.29) is 12.3 Å². The van der Waals surface area contributed by atoms with Crippen molar-refractivity contribution >= 4 is 0 Å². The molecule has 2 unspecified atom stereocenters. The van der Waals surface area contributed by atoms with Crippen molar-refractivity contribution in [3.63, 3.8) is 0 Å². The first kappa shape index (κ1) is 12.8. The van der Waals surface area contributed by atoms with Gasteiger partial charge in [-0.1, -0.05) is 0 Å². The van der Waals surface area contributed by atoms with E-state index in [2.05, 4.69) is 0 Å². The minimum absolute atomic E-state index is 0.0772. The summed E-state index contributed by atoms with van der Waals surface area (Å²) in [5.41, 5.74) is 0. The van der Waals surface area contributed by atoms with Crippen LogP contribution in [0, 0.1) is 5.92 Å². The van der Waals surface area contributed by atoms with E-state index in [1.807, 2.05) is 0 Å². The maximum Gasteiger partial charge on any atom is 0.389 e. The van der Waals surface area contributed by atoms with E-state index in [1.54, 1.807) is 6.92 Å². The molecule has 1 saturated heterocycles. The number of methoxy groups -OCH3 is 1. The van der Waals surface area contributed by atoms with Crippen molar-refractivity contribution in [2.75, 3.05) is 13.7 Å². The van der Waals surface area contributed by atoms with Crippen LogP contribution in [0.5, 0.6) is 0 Å². The fourth-order valence-corrected chi connectivity index (χ4v) is 1.95. The second kappa shape index (κ2) is 4.70. The minimum atomic E-state index is -4.09. The molecule has 0 bridgehead atoms. The standard InChI is InChI=1S/C10H17F3O2/c1-9(14-2)8(4-3-7-15-9)5-6-10(11,12)13/h8H,3-7H2,1-2H3. The molecule has 0 amide bonds. The lowest BCUT2D eigenvalue weighted by Crippen LogP contribution is -2.43. The fourth-order valence-electron chi connectivity index (χ4n) is 1.95. The number of alkyl halides is 3. The first-order valence-corrected chi connectivity index (χ1v) is 5.13. The van der Waals surface area contributed by atoms with Crippen molar-refractivity contribution in [2.45, 2.75) is 44.6 Å². The molecule has 5 heteroatoms. The van der Waals surface area contributed by atoms with E-state index >= 15 is 0 Å². The van der Waals surface area contributed by atoms with Gasteiger partial charge >= 0.3 is 6.18 Å². The van der Waals surface area contributed by atoms with Crippen LogP contribution in [0.25, 0.3) is 0 Å². The Kier molecular flexibility index (Phi) is 4.00. The van der Waals surface area contributed by atoms with Crippen molar-refractivity contribution < 1.29 is 22.6 Å². The molecular weight excluding hydrogens is 209 g/mol. The average molecular weight is 226 g/mol. The predicted molar refractivity (Wildman–Crippen MR) is 49.4 cm³/mol. The molecular formula is C10H17F3O2. The van der Waals surface area contributed by atoms with Crippen LogP contribution in [0.1, 0.15) is 32.6 Å². The van der Waals surface area contributed by atoms with Gasteiger partial charge in [0.1, 0.15) is 0 Å². The summed E-state index contributed by atoms with van der Waals surface area (Å²) in [6.07, 6.45) is -3.23. The van der Waals surface area contributed by atoms with Crippen LogP contribution in [0.4, 0.5) is 13.2 Å². The smallest absolute Gasteiger partial charge is 0.353 e. The Labute approximate surface area is 87.7 Å². The predicted octanol–water partition coefficient (Wildman–Crippen LogP) is 3.12. The molecule has 0 N–H and O–H groups in total. The van der Waals surface area contributed by atoms with Crippen LogP contribution < -0.4 is 0 Å². The Morgan fingerprint density at radius 2 is 2.13 bits per heavy atom. The summed E-state index contributed by atoms with van der Waals surface area (Å²) >= 11 is 0. The molecule has 1 fully saturated rings. The molecule has 1 aliphatic heterocycles. The molecule has 1 heterocycles. The Morgan fingerprint density at radius 1 is 1.47 bits per heavy atom. The van der Waals surface area contributed by atoms with E-state index in [9.17, 15) is 13.2 Å². The van der Waals surface area contributed by atoms with Gasteiger partial charge in [0.15, 0.2) is 5.79 Å². The van der Waals surface area contributed by atoms with Crippen molar-refractivity contribution in [2.24, 2.45) is 5.92 Å². The zero-order valence-corrected chi connectivity index (χ0v) is 9.06. The first-order chi connectivity index (χ1) is 6.87. The maximum atomic E-state index is 12.1. The number of hydrogen-bond donors (Lipinski definition) is 0. The zero-order valence-electron chi connectivity index (χ0n) is 9.06. The molecule has 0 aromatic carbocycles. The molecule has 0 saturated carbocycles. The first-order valence-electron chi connectivity index (χ1n) is 5.13. The van der Waals surface area contributed by atoms with E-state index in [0.717, 1.165) is 12.8 Å². The van der Waals surface area contributed by atoms with Crippen molar-refractivity contribution in [3.8, 4) is 0 Å². The summed E-state index contributed by atoms with van der Waals surface area (Å²) < 4.78 is 46.8. The highest BCUT2D eigenvalue weighted by Crippen LogP contribution is 2.37. The highest BCUT2D eigenvalue weighted by Gasteiger charge is 2.40. The molecule has 2 nitrogen and oxygen atoms in total. The summed E-state index contributed by atoms with van der Waals surface area (Å²) in [5.74, 6) is -1.01. The lowest BCUT2D eigenvalue weighted by atomic mass is 9.88. The summed E-state index contributed by atoms with van der Waals surface area (Å²) in [6, 6.07) is 0. The topological polar surface area (TPSA) is 18.5 Å². The Hall–Kier alpha value is -0.290. The number of ether oxygens (including phenoxy) is 2.